The topological polar surface area (TPSA) is 44.4 Å². The highest BCUT2D eigenvalue weighted by Gasteiger charge is 2.37. The fraction of sp³-hybridized carbons (Fsp3) is 0.500. The lowest BCUT2D eigenvalue weighted by Gasteiger charge is -2.34. The summed E-state index contributed by atoms with van der Waals surface area (Å²) in [6.45, 7) is 6.84. The maximum atomic E-state index is 12.0. The minimum atomic E-state index is 0.0754. The number of carbonyl (C=O) groups excluding carboxylic acids is 1. The number of aryl methyl sites for hydroxylation is 2. The Morgan fingerprint density at radius 1 is 1.28 bits per heavy atom. The van der Waals surface area contributed by atoms with Crippen molar-refractivity contribution >= 4 is 6.03 Å². The van der Waals surface area contributed by atoms with Gasteiger partial charge in [0.1, 0.15) is 0 Å². The first kappa shape index (κ1) is 11.5. The van der Waals surface area contributed by atoms with Gasteiger partial charge in [-0.25, -0.2) is 4.79 Å². The number of carbonyl (C=O) groups is 1. The van der Waals surface area contributed by atoms with Crippen molar-refractivity contribution in [1.29, 1.82) is 0 Å². The fourth-order valence-electron chi connectivity index (χ4n) is 2.76. The summed E-state index contributed by atoms with van der Waals surface area (Å²) < 4.78 is 0. The lowest BCUT2D eigenvalue weighted by Crippen LogP contribution is -2.57. The predicted molar refractivity (Wildman–Crippen MR) is 70.6 cm³/mol. The molecule has 2 aliphatic rings. The van der Waals surface area contributed by atoms with E-state index >= 15 is 0 Å². The zero-order valence-corrected chi connectivity index (χ0v) is 10.9. The minimum absolute atomic E-state index is 0.0754. The van der Waals surface area contributed by atoms with E-state index in [4.69, 9.17) is 0 Å². The van der Waals surface area contributed by atoms with Crippen LogP contribution in [0.2, 0.25) is 0 Å². The first-order valence-electron chi connectivity index (χ1n) is 6.50. The van der Waals surface area contributed by atoms with Crippen molar-refractivity contribution < 1.29 is 4.79 Å². The molecule has 4 heteroatoms. The van der Waals surface area contributed by atoms with Crippen LogP contribution in [-0.2, 0) is 0 Å². The third kappa shape index (κ3) is 1.86. The van der Waals surface area contributed by atoms with Crippen molar-refractivity contribution in [3.05, 3.63) is 34.9 Å². The minimum Gasteiger partial charge on any atom is -0.329 e. The van der Waals surface area contributed by atoms with E-state index in [1.165, 1.54) is 16.7 Å². The molecule has 96 valence electrons. The Morgan fingerprint density at radius 3 is 2.67 bits per heavy atom. The molecule has 18 heavy (non-hydrogen) atoms. The maximum absolute atomic E-state index is 12.0. The van der Waals surface area contributed by atoms with Gasteiger partial charge in [0, 0.05) is 19.6 Å². The number of hydrogen-bond donors (Lipinski definition) is 2. The van der Waals surface area contributed by atoms with Gasteiger partial charge < -0.3 is 15.5 Å². The van der Waals surface area contributed by atoms with Gasteiger partial charge in [0.2, 0.25) is 0 Å². The van der Waals surface area contributed by atoms with Crippen LogP contribution in [0.5, 0.6) is 0 Å². The lowest BCUT2D eigenvalue weighted by atomic mass is 9.99. The van der Waals surface area contributed by atoms with E-state index in [-0.39, 0.29) is 12.1 Å². The zero-order valence-electron chi connectivity index (χ0n) is 10.9. The number of amides is 2. The molecule has 2 saturated heterocycles. The zero-order chi connectivity index (χ0) is 12.7. The molecule has 3 rings (SSSR count). The van der Waals surface area contributed by atoms with Gasteiger partial charge >= 0.3 is 6.03 Å². The number of rotatable bonds is 2. The van der Waals surface area contributed by atoms with Crippen LogP contribution >= 0.6 is 0 Å². The third-order valence-electron chi connectivity index (χ3n) is 3.94. The molecule has 4 nitrogen and oxygen atoms in total. The summed E-state index contributed by atoms with van der Waals surface area (Å²) in [6, 6.07) is 7.01. The highest BCUT2D eigenvalue weighted by Crippen LogP contribution is 2.25. The van der Waals surface area contributed by atoms with Gasteiger partial charge in [-0.1, -0.05) is 23.8 Å². The average Bonchev–Trinajstić information content (AvgIpc) is 2.58. The normalized spacial score (nSPS) is 24.0. The van der Waals surface area contributed by atoms with Crippen molar-refractivity contribution in [2.45, 2.75) is 25.9 Å². The highest BCUT2D eigenvalue weighted by atomic mass is 16.2. The van der Waals surface area contributed by atoms with Gasteiger partial charge in [0.05, 0.1) is 12.1 Å². The Morgan fingerprint density at radius 2 is 2.06 bits per heavy atom. The van der Waals surface area contributed by atoms with Crippen molar-refractivity contribution in [3.63, 3.8) is 0 Å². The van der Waals surface area contributed by atoms with Crippen LogP contribution in [0.25, 0.3) is 0 Å². The second kappa shape index (κ2) is 4.28. The molecule has 1 unspecified atom stereocenters. The number of hydrogen-bond acceptors (Lipinski definition) is 2. The van der Waals surface area contributed by atoms with Crippen LogP contribution in [0.1, 0.15) is 22.7 Å². The molecule has 0 radical (unpaired) electrons. The van der Waals surface area contributed by atoms with Gasteiger partial charge in [-0.3, -0.25) is 0 Å². The largest absolute Gasteiger partial charge is 0.329 e. The lowest BCUT2D eigenvalue weighted by molar-refractivity contribution is 0.172. The van der Waals surface area contributed by atoms with Crippen LogP contribution in [-0.4, -0.2) is 36.6 Å². The molecular formula is C14H19N3O. The van der Waals surface area contributed by atoms with E-state index in [0.29, 0.717) is 6.04 Å². The van der Waals surface area contributed by atoms with Gasteiger partial charge in [-0.05, 0) is 25.0 Å². The smallest absolute Gasteiger partial charge is 0.318 e. The first-order valence-corrected chi connectivity index (χ1v) is 6.50. The van der Waals surface area contributed by atoms with Gasteiger partial charge in [-0.15, -0.1) is 0 Å². The summed E-state index contributed by atoms with van der Waals surface area (Å²) in [5.41, 5.74) is 3.76. The van der Waals surface area contributed by atoms with Crippen LogP contribution in [0.15, 0.2) is 18.2 Å². The van der Waals surface area contributed by atoms with E-state index in [1.807, 2.05) is 4.90 Å². The predicted octanol–water partition coefficient (Wildman–Crippen LogP) is 1.34. The summed E-state index contributed by atoms with van der Waals surface area (Å²) >= 11 is 0. The molecule has 2 fully saturated rings. The van der Waals surface area contributed by atoms with E-state index in [9.17, 15) is 4.79 Å². The second-order valence-electron chi connectivity index (χ2n) is 5.33. The van der Waals surface area contributed by atoms with Crippen LogP contribution < -0.4 is 10.6 Å². The summed E-state index contributed by atoms with van der Waals surface area (Å²) in [5, 5.41) is 6.30. The number of nitrogens with zero attached hydrogens (tertiary/aromatic N) is 1. The summed E-state index contributed by atoms with van der Waals surface area (Å²) in [6.07, 6.45) is 0. The fourth-order valence-corrected chi connectivity index (χ4v) is 2.76. The van der Waals surface area contributed by atoms with E-state index in [0.717, 1.165) is 19.6 Å². The van der Waals surface area contributed by atoms with Gasteiger partial charge in [0.25, 0.3) is 0 Å². The van der Waals surface area contributed by atoms with Crippen molar-refractivity contribution in [2.75, 3.05) is 19.6 Å². The van der Waals surface area contributed by atoms with E-state index in [2.05, 4.69) is 42.7 Å². The molecule has 0 aromatic heterocycles. The second-order valence-corrected chi connectivity index (χ2v) is 5.33. The third-order valence-corrected chi connectivity index (χ3v) is 3.94. The van der Waals surface area contributed by atoms with E-state index in [1.54, 1.807) is 0 Å². The number of urea groups is 1. The molecule has 2 aliphatic heterocycles. The van der Waals surface area contributed by atoms with Crippen molar-refractivity contribution in [2.24, 2.45) is 0 Å². The molecule has 1 aromatic carbocycles. The molecule has 0 aliphatic carbocycles. The standard InChI is InChI=1S/C14H19N3O/c1-9-3-4-12(10(2)5-9)13-8-17(14(18)16-13)11-6-15-7-11/h3-5,11,13,15H,6-8H2,1-2H3,(H,16,18). The molecular weight excluding hydrogens is 226 g/mol. The van der Waals surface area contributed by atoms with Crippen molar-refractivity contribution in [3.8, 4) is 0 Å². The Bertz CT molecular complexity index is 482. The Hall–Kier alpha value is -1.55. The first-order chi connectivity index (χ1) is 8.65. The quantitative estimate of drug-likeness (QED) is 0.826. The number of benzene rings is 1. The Labute approximate surface area is 107 Å². The SMILES string of the molecule is Cc1ccc(C2CN(C3CNC3)C(=O)N2)c(C)c1. The molecule has 1 atom stereocenters. The molecule has 0 spiro atoms. The Kier molecular flexibility index (Phi) is 2.74. The van der Waals surface area contributed by atoms with Gasteiger partial charge in [-0.2, -0.15) is 0 Å². The van der Waals surface area contributed by atoms with Crippen LogP contribution in [0.4, 0.5) is 4.79 Å². The molecule has 0 saturated carbocycles. The summed E-state index contributed by atoms with van der Waals surface area (Å²) in [5.74, 6) is 0. The number of nitrogens with one attached hydrogen (secondary N) is 2. The maximum Gasteiger partial charge on any atom is 0.318 e. The highest BCUT2D eigenvalue weighted by molar-refractivity contribution is 5.78. The molecule has 2 heterocycles. The van der Waals surface area contributed by atoms with E-state index < -0.39 is 0 Å². The van der Waals surface area contributed by atoms with Gasteiger partial charge in [0.15, 0.2) is 0 Å². The molecule has 2 amide bonds. The Balaban J connectivity index is 1.79. The van der Waals surface area contributed by atoms with Crippen LogP contribution in [0, 0.1) is 13.8 Å². The monoisotopic (exact) mass is 245 g/mol. The molecule has 2 N–H and O–H groups in total. The summed E-state index contributed by atoms with van der Waals surface area (Å²) in [7, 11) is 0. The van der Waals surface area contributed by atoms with Crippen LogP contribution in [0.3, 0.4) is 0 Å². The molecule has 0 bridgehead atoms. The molecule has 1 aromatic rings. The van der Waals surface area contributed by atoms with Crippen molar-refractivity contribution in [1.82, 2.24) is 15.5 Å². The average molecular weight is 245 g/mol. The summed E-state index contributed by atoms with van der Waals surface area (Å²) in [4.78, 5) is 13.9.